The third-order valence-electron chi connectivity index (χ3n) is 8.14. The predicted octanol–water partition coefficient (Wildman–Crippen LogP) is 3.49. The van der Waals surface area contributed by atoms with Crippen molar-refractivity contribution in [2.75, 3.05) is 37.0 Å². The minimum absolute atomic E-state index is 0.00308. The van der Waals surface area contributed by atoms with Crippen LogP contribution >= 0.6 is 23.5 Å². The number of nitrogen functional groups attached to an aromatic ring is 2. The van der Waals surface area contributed by atoms with Crippen LogP contribution in [0.15, 0.2) is 67.9 Å². The summed E-state index contributed by atoms with van der Waals surface area (Å²) >= 11 is 3.44. The van der Waals surface area contributed by atoms with Gasteiger partial charge in [0, 0.05) is 45.0 Å². The van der Waals surface area contributed by atoms with Crippen molar-refractivity contribution in [3.63, 3.8) is 0 Å². The zero-order chi connectivity index (χ0) is 36.3. The zero-order valence-electron chi connectivity index (χ0n) is 28.4. The molecule has 6 aromatic rings. The quantitative estimate of drug-likeness (QED) is 0.0832. The summed E-state index contributed by atoms with van der Waals surface area (Å²) in [6.07, 6.45) is 0.839. The molecule has 6 rings (SSSR count). The highest BCUT2D eigenvalue weighted by molar-refractivity contribution is 8.00. The first-order valence-electron chi connectivity index (χ1n) is 16.3. The monoisotopic (exact) mass is 732 g/mol. The van der Waals surface area contributed by atoms with E-state index in [-0.39, 0.29) is 60.1 Å². The van der Waals surface area contributed by atoms with Crippen molar-refractivity contribution in [2.24, 2.45) is 0 Å². The second kappa shape index (κ2) is 15.3. The molecular weight excluding hydrogens is 693 g/mol. The number of aliphatic hydroxyl groups is 2. The van der Waals surface area contributed by atoms with Crippen LogP contribution in [0.3, 0.4) is 0 Å². The number of H-pyrrole nitrogens is 2. The molecule has 1 atom stereocenters. The number of anilines is 2. The summed E-state index contributed by atoms with van der Waals surface area (Å²) in [6, 6.07) is 15.8. The number of benzene rings is 2. The maximum Gasteiger partial charge on any atom is 0.280 e. The van der Waals surface area contributed by atoms with E-state index in [2.05, 4.69) is 50.7 Å². The number of nitrogens with one attached hydrogen (secondary N) is 2. The summed E-state index contributed by atoms with van der Waals surface area (Å²) in [4.78, 5) is 49.4. The maximum absolute atomic E-state index is 12.4. The van der Waals surface area contributed by atoms with Crippen molar-refractivity contribution in [3.8, 4) is 22.8 Å². The predicted molar refractivity (Wildman–Crippen MR) is 201 cm³/mol. The molecule has 51 heavy (non-hydrogen) atoms. The number of nitrogens with two attached hydrogens (primary N) is 2. The summed E-state index contributed by atoms with van der Waals surface area (Å²) in [5, 5.41) is 19.4. The second-order valence-electron chi connectivity index (χ2n) is 12.5. The van der Waals surface area contributed by atoms with Crippen molar-refractivity contribution in [1.82, 2.24) is 39.0 Å². The number of aromatic amines is 2. The fourth-order valence-electron chi connectivity index (χ4n) is 5.60. The van der Waals surface area contributed by atoms with Gasteiger partial charge >= 0.3 is 0 Å². The number of rotatable bonds is 15. The molecule has 0 radical (unpaired) electrons. The van der Waals surface area contributed by atoms with E-state index in [0.717, 1.165) is 33.1 Å². The molecule has 4 heterocycles. The highest BCUT2D eigenvalue weighted by atomic mass is 32.2. The van der Waals surface area contributed by atoms with Gasteiger partial charge in [-0.3, -0.25) is 19.6 Å². The van der Waals surface area contributed by atoms with Crippen LogP contribution in [-0.4, -0.2) is 85.7 Å². The molecule has 0 amide bonds. The molecule has 15 nitrogen and oxygen atoms in total. The molecule has 2 aromatic carbocycles. The van der Waals surface area contributed by atoms with E-state index in [9.17, 15) is 19.8 Å². The molecule has 0 aliphatic heterocycles. The van der Waals surface area contributed by atoms with Gasteiger partial charge in [-0.2, -0.15) is 9.97 Å². The maximum atomic E-state index is 12.4. The lowest BCUT2D eigenvalue weighted by Gasteiger charge is -2.27. The van der Waals surface area contributed by atoms with Crippen molar-refractivity contribution in [2.45, 2.75) is 60.9 Å². The van der Waals surface area contributed by atoms with Crippen molar-refractivity contribution < 1.29 is 14.9 Å². The van der Waals surface area contributed by atoms with Crippen molar-refractivity contribution in [1.29, 1.82) is 0 Å². The van der Waals surface area contributed by atoms with E-state index in [0.29, 0.717) is 29.6 Å². The normalized spacial score (nSPS) is 12.6. The van der Waals surface area contributed by atoms with E-state index in [4.69, 9.17) is 16.2 Å². The van der Waals surface area contributed by atoms with Crippen LogP contribution in [0.1, 0.15) is 27.2 Å². The SMILES string of the molecule is CC(COC(C)(C)CCSc1ccc(-c2nc3c(=O)[nH]c(N)nc3n2CCO)cc1)Sc1ccc(-c2nc3c(=O)[nH]c(N)nc3n2CCO)cc1. The number of fused-ring (bicyclic) bond motifs is 2. The van der Waals surface area contributed by atoms with Crippen molar-refractivity contribution >= 4 is 57.7 Å². The van der Waals surface area contributed by atoms with Crippen LogP contribution in [0.25, 0.3) is 45.1 Å². The van der Waals surface area contributed by atoms with E-state index in [1.807, 2.05) is 48.5 Å². The lowest BCUT2D eigenvalue weighted by atomic mass is 10.1. The Bertz CT molecular complexity index is 2260. The largest absolute Gasteiger partial charge is 0.395 e. The molecule has 17 heteroatoms. The first kappa shape index (κ1) is 36.1. The van der Waals surface area contributed by atoms with Gasteiger partial charge in [-0.25, -0.2) is 9.97 Å². The minimum Gasteiger partial charge on any atom is -0.395 e. The van der Waals surface area contributed by atoms with Crippen LogP contribution in [0.5, 0.6) is 0 Å². The summed E-state index contributed by atoms with van der Waals surface area (Å²) in [5.41, 5.74) is 12.9. The Morgan fingerprint density at radius 3 is 1.73 bits per heavy atom. The molecule has 0 saturated heterocycles. The van der Waals surface area contributed by atoms with Crippen LogP contribution in [0.2, 0.25) is 0 Å². The molecular formula is C34H40N10O5S2. The highest BCUT2D eigenvalue weighted by Crippen LogP contribution is 2.31. The van der Waals surface area contributed by atoms with Gasteiger partial charge in [-0.05, 0) is 44.5 Å². The summed E-state index contributed by atoms with van der Waals surface area (Å²) < 4.78 is 9.76. The Morgan fingerprint density at radius 1 is 0.784 bits per heavy atom. The summed E-state index contributed by atoms with van der Waals surface area (Å²) in [5.74, 6) is 1.92. The standard InChI is InChI=1S/C34H40N10O5S2/c1-19(51-23-10-6-21(7-11-23)27-38-25-29(44(27)14-16-46)40-33(36)42-31(25)48)18-49-34(2,3)12-17-50-22-8-4-20(5-9-22)26-37-24-28(43(26)13-15-45)39-32(35)41-30(24)47/h4-11,19,45-46H,12-18H2,1-3H3,(H3,35,39,41,47)(H3,36,40,42,48). The Balaban J connectivity index is 1.01. The molecule has 0 aliphatic carbocycles. The molecule has 0 bridgehead atoms. The van der Waals surface area contributed by atoms with Crippen LogP contribution in [0.4, 0.5) is 11.9 Å². The topological polar surface area (TPSA) is 229 Å². The number of ether oxygens (including phenoxy) is 1. The summed E-state index contributed by atoms with van der Waals surface area (Å²) in [7, 11) is 0. The first-order valence-corrected chi connectivity index (χ1v) is 18.2. The average Bonchev–Trinajstić information content (AvgIpc) is 3.64. The molecule has 268 valence electrons. The number of hydrogen-bond donors (Lipinski definition) is 6. The molecule has 0 spiro atoms. The number of nitrogens with zero attached hydrogens (tertiary/aromatic N) is 6. The molecule has 0 fully saturated rings. The minimum atomic E-state index is -0.425. The third-order valence-corrected chi connectivity index (χ3v) is 10.2. The number of hydrogen-bond acceptors (Lipinski definition) is 13. The van der Waals surface area contributed by atoms with Crippen LogP contribution in [0, 0.1) is 0 Å². The van der Waals surface area contributed by atoms with Gasteiger partial charge in [0.25, 0.3) is 11.1 Å². The van der Waals surface area contributed by atoms with Crippen LogP contribution in [-0.2, 0) is 17.8 Å². The van der Waals surface area contributed by atoms with Crippen LogP contribution < -0.4 is 22.6 Å². The Morgan fingerprint density at radius 2 is 1.25 bits per heavy atom. The van der Waals surface area contributed by atoms with Gasteiger partial charge in [0.1, 0.15) is 11.6 Å². The Hall–Kier alpha value is -4.68. The smallest absolute Gasteiger partial charge is 0.280 e. The molecule has 0 aliphatic rings. The van der Waals surface area contributed by atoms with E-state index < -0.39 is 11.1 Å². The number of aliphatic hydroxyl groups excluding tert-OH is 2. The van der Waals surface area contributed by atoms with Gasteiger partial charge in [0.05, 0.1) is 25.4 Å². The first-order chi connectivity index (χ1) is 24.5. The second-order valence-corrected chi connectivity index (χ2v) is 15.2. The average molecular weight is 733 g/mol. The van der Waals surface area contributed by atoms with E-state index in [1.54, 1.807) is 32.7 Å². The lowest BCUT2D eigenvalue weighted by Crippen LogP contribution is -2.28. The van der Waals surface area contributed by atoms with Gasteiger partial charge in [0.15, 0.2) is 22.3 Å². The molecule has 8 N–H and O–H groups in total. The van der Waals surface area contributed by atoms with E-state index in [1.165, 1.54) is 0 Å². The van der Waals surface area contributed by atoms with Gasteiger partial charge in [0.2, 0.25) is 11.9 Å². The number of aromatic nitrogens is 8. The molecule has 1 unspecified atom stereocenters. The zero-order valence-corrected chi connectivity index (χ0v) is 30.1. The molecule has 4 aromatic heterocycles. The van der Waals surface area contributed by atoms with Crippen molar-refractivity contribution in [3.05, 3.63) is 69.2 Å². The summed E-state index contributed by atoms with van der Waals surface area (Å²) in [6.45, 7) is 7.07. The fourth-order valence-corrected chi connectivity index (χ4v) is 7.65. The third kappa shape index (κ3) is 8.12. The highest BCUT2D eigenvalue weighted by Gasteiger charge is 2.21. The molecule has 0 saturated carbocycles. The van der Waals surface area contributed by atoms with Gasteiger partial charge < -0.3 is 35.6 Å². The number of thioether (sulfide) groups is 2. The lowest BCUT2D eigenvalue weighted by molar-refractivity contribution is -0.0168. The van der Waals surface area contributed by atoms with E-state index >= 15 is 0 Å². The van der Waals surface area contributed by atoms with Gasteiger partial charge in [-0.15, -0.1) is 23.5 Å². The van der Waals surface area contributed by atoms with Gasteiger partial charge in [-0.1, -0.05) is 31.2 Å². The Labute approximate surface area is 300 Å². The fraction of sp³-hybridized carbons (Fsp3) is 0.353. The Kier molecular flexibility index (Phi) is 10.8. The number of imidazole rings is 2.